The van der Waals surface area contributed by atoms with Crippen LogP contribution in [-0.2, 0) is 0 Å². The molecule has 0 saturated heterocycles. The highest BCUT2D eigenvalue weighted by Gasteiger charge is 2.19. The summed E-state index contributed by atoms with van der Waals surface area (Å²) in [7, 11) is 1.60. The first-order valence-electron chi connectivity index (χ1n) is 5.32. The Bertz CT molecular complexity index is 509. The predicted molar refractivity (Wildman–Crippen MR) is 62.9 cm³/mol. The van der Waals surface area contributed by atoms with E-state index in [-0.39, 0.29) is 0 Å². The molecule has 2 N–H and O–H groups in total. The number of nitrogens with zero attached hydrogens (tertiary/aromatic N) is 2. The van der Waals surface area contributed by atoms with Crippen LogP contribution in [0.5, 0.6) is 5.75 Å². The third-order valence-electron chi connectivity index (χ3n) is 2.90. The van der Waals surface area contributed by atoms with Crippen LogP contribution in [0.25, 0.3) is 0 Å². The number of aromatic amines is 1. The van der Waals surface area contributed by atoms with E-state index in [0.29, 0.717) is 17.1 Å². The number of benzene rings is 1. The number of methoxy groups -OCH3 is 1. The van der Waals surface area contributed by atoms with E-state index in [1.807, 2.05) is 26.0 Å². The predicted octanol–water partition coefficient (Wildman–Crippen LogP) is 1.51. The van der Waals surface area contributed by atoms with Crippen molar-refractivity contribution >= 4 is 0 Å². The summed E-state index contributed by atoms with van der Waals surface area (Å²) in [5, 5.41) is 16.6. The second-order valence-electron chi connectivity index (χ2n) is 3.90. The van der Waals surface area contributed by atoms with Crippen molar-refractivity contribution in [1.29, 1.82) is 0 Å². The van der Waals surface area contributed by atoms with Gasteiger partial charge in [0, 0.05) is 5.56 Å². The van der Waals surface area contributed by atoms with Crippen LogP contribution in [0.4, 0.5) is 0 Å². The average molecular weight is 233 g/mol. The Morgan fingerprint density at radius 2 is 2.12 bits per heavy atom. The number of ether oxygens (including phenoxy) is 1. The number of aliphatic hydroxyl groups is 1. The molecule has 0 aliphatic carbocycles. The topological polar surface area (TPSA) is 71.0 Å². The molecule has 0 saturated carbocycles. The van der Waals surface area contributed by atoms with E-state index in [9.17, 15) is 5.11 Å². The van der Waals surface area contributed by atoms with Gasteiger partial charge in [0.15, 0.2) is 5.82 Å². The fourth-order valence-corrected chi connectivity index (χ4v) is 1.79. The summed E-state index contributed by atoms with van der Waals surface area (Å²) in [6.07, 6.45) is 0.512. The second-order valence-corrected chi connectivity index (χ2v) is 3.90. The van der Waals surface area contributed by atoms with Gasteiger partial charge in [-0.2, -0.15) is 5.10 Å². The van der Waals surface area contributed by atoms with Gasteiger partial charge in [-0.05, 0) is 25.0 Å². The lowest BCUT2D eigenvalue weighted by Gasteiger charge is -2.16. The van der Waals surface area contributed by atoms with Crippen LogP contribution >= 0.6 is 0 Å². The zero-order valence-corrected chi connectivity index (χ0v) is 10.1. The van der Waals surface area contributed by atoms with Gasteiger partial charge in [0.1, 0.15) is 18.2 Å². The highest BCUT2D eigenvalue weighted by atomic mass is 16.5. The Morgan fingerprint density at radius 3 is 2.71 bits per heavy atom. The first-order valence-corrected chi connectivity index (χ1v) is 5.32. The number of hydrogen-bond acceptors (Lipinski definition) is 4. The molecule has 2 aromatic rings. The number of H-pyrrole nitrogens is 1. The summed E-state index contributed by atoms with van der Waals surface area (Å²) < 4.78 is 5.35. The lowest BCUT2D eigenvalue weighted by atomic mass is 10.0. The standard InChI is InChI=1S/C12H15N3O2/c1-7-4-5-9(11(17-3)8(7)2)10(16)12-13-6-14-15-12/h4-6,10,16H,1-3H3,(H,13,14,15). The third-order valence-corrected chi connectivity index (χ3v) is 2.90. The maximum absolute atomic E-state index is 10.2. The van der Waals surface area contributed by atoms with Crippen molar-refractivity contribution in [2.75, 3.05) is 7.11 Å². The van der Waals surface area contributed by atoms with Crippen LogP contribution < -0.4 is 4.74 Å². The van der Waals surface area contributed by atoms with Crippen molar-refractivity contribution < 1.29 is 9.84 Å². The lowest BCUT2D eigenvalue weighted by molar-refractivity contribution is 0.205. The molecular weight excluding hydrogens is 218 g/mol. The Morgan fingerprint density at radius 1 is 1.35 bits per heavy atom. The third kappa shape index (κ3) is 2.01. The van der Waals surface area contributed by atoms with Crippen molar-refractivity contribution in [3.63, 3.8) is 0 Å². The fourth-order valence-electron chi connectivity index (χ4n) is 1.79. The van der Waals surface area contributed by atoms with Crippen LogP contribution in [0.15, 0.2) is 18.5 Å². The summed E-state index contributed by atoms with van der Waals surface area (Å²) in [6.45, 7) is 3.97. The smallest absolute Gasteiger partial charge is 0.157 e. The molecule has 0 radical (unpaired) electrons. The van der Waals surface area contributed by atoms with E-state index >= 15 is 0 Å². The van der Waals surface area contributed by atoms with Gasteiger partial charge in [-0.1, -0.05) is 12.1 Å². The number of hydrogen-bond donors (Lipinski definition) is 2. The summed E-state index contributed by atoms with van der Waals surface area (Å²) in [5.41, 5.74) is 2.83. The minimum Gasteiger partial charge on any atom is -0.496 e. The Balaban J connectivity index is 2.49. The van der Waals surface area contributed by atoms with Gasteiger partial charge in [0.25, 0.3) is 0 Å². The number of aryl methyl sites for hydroxylation is 1. The van der Waals surface area contributed by atoms with Gasteiger partial charge in [-0.3, -0.25) is 5.10 Å². The largest absolute Gasteiger partial charge is 0.496 e. The lowest BCUT2D eigenvalue weighted by Crippen LogP contribution is -2.06. The van der Waals surface area contributed by atoms with E-state index in [0.717, 1.165) is 11.1 Å². The molecule has 1 heterocycles. The Kier molecular flexibility index (Phi) is 3.10. The molecule has 0 aliphatic heterocycles. The molecule has 0 bridgehead atoms. The molecule has 90 valence electrons. The highest BCUT2D eigenvalue weighted by molar-refractivity contribution is 5.47. The number of aromatic nitrogens is 3. The molecule has 5 nitrogen and oxygen atoms in total. The normalized spacial score (nSPS) is 12.5. The van der Waals surface area contributed by atoms with Crippen molar-refractivity contribution in [3.05, 3.63) is 41.0 Å². The zero-order chi connectivity index (χ0) is 12.4. The molecule has 5 heteroatoms. The quantitative estimate of drug-likeness (QED) is 0.843. The van der Waals surface area contributed by atoms with Crippen molar-refractivity contribution in [2.45, 2.75) is 20.0 Å². The van der Waals surface area contributed by atoms with E-state index in [2.05, 4.69) is 15.2 Å². The number of rotatable bonds is 3. The SMILES string of the molecule is COc1c(C(O)c2ncn[nH]2)ccc(C)c1C. The van der Waals surface area contributed by atoms with Gasteiger partial charge in [-0.15, -0.1) is 0 Å². The minimum atomic E-state index is -0.855. The van der Waals surface area contributed by atoms with Crippen LogP contribution in [0.2, 0.25) is 0 Å². The van der Waals surface area contributed by atoms with Gasteiger partial charge >= 0.3 is 0 Å². The first kappa shape index (κ1) is 11.6. The van der Waals surface area contributed by atoms with Crippen molar-refractivity contribution in [3.8, 4) is 5.75 Å². The summed E-state index contributed by atoms with van der Waals surface area (Å²) >= 11 is 0. The first-order chi connectivity index (χ1) is 8.15. The van der Waals surface area contributed by atoms with Crippen LogP contribution in [-0.4, -0.2) is 27.4 Å². The van der Waals surface area contributed by atoms with Crippen molar-refractivity contribution in [2.24, 2.45) is 0 Å². The monoisotopic (exact) mass is 233 g/mol. The number of aliphatic hydroxyl groups excluding tert-OH is 1. The van der Waals surface area contributed by atoms with Gasteiger partial charge in [-0.25, -0.2) is 4.98 Å². The molecule has 1 unspecified atom stereocenters. The van der Waals surface area contributed by atoms with Crippen LogP contribution in [0.1, 0.15) is 28.6 Å². The van der Waals surface area contributed by atoms with Gasteiger partial charge in [0.05, 0.1) is 7.11 Å². The van der Waals surface area contributed by atoms with E-state index in [1.54, 1.807) is 7.11 Å². The molecule has 0 spiro atoms. The van der Waals surface area contributed by atoms with E-state index < -0.39 is 6.10 Å². The molecule has 0 amide bonds. The molecular formula is C12H15N3O2. The molecule has 17 heavy (non-hydrogen) atoms. The maximum Gasteiger partial charge on any atom is 0.157 e. The fraction of sp³-hybridized carbons (Fsp3) is 0.333. The van der Waals surface area contributed by atoms with Crippen LogP contribution in [0.3, 0.4) is 0 Å². The van der Waals surface area contributed by atoms with E-state index in [1.165, 1.54) is 6.33 Å². The number of nitrogens with one attached hydrogen (secondary N) is 1. The maximum atomic E-state index is 10.2. The molecule has 0 fully saturated rings. The molecule has 1 aromatic carbocycles. The molecule has 2 rings (SSSR count). The summed E-state index contributed by atoms with van der Waals surface area (Å²) in [5.74, 6) is 1.10. The summed E-state index contributed by atoms with van der Waals surface area (Å²) in [6, 6.07) is 3.79. The zero-order valence-electron chi connectivity index (χ0n) is 10.1. The van der Waals surface area contributed by atoms with Crippen LogP contribution in [0, 0.1) is 13.8 Å². The van der Waals surface area contributed by atoms with Gasteiger partial charge < -0.3 is 9.84 Å². The Hall–Kier alpha value is -1.88. The Labute approximate surface area is 99.5 Å². The molecule has 1 atom stereocenters. The molecule has 1 aromatic heterocycles. The summed E-state index contributed by atoms with van der Waals surface area (Å²) in [4.78, 5) is 3.95. The minimum absolute atomic E-state index is 0.409. The average Bonchev–Trinajstić information content (AvgIpc) is 2.85. The van der Waals surface area contributed by atoms with Gasteiger partial charge in [0.2, 0.25) is 0 Å². The highest BCUT2D eigenvalue weighted by Crippen LogP contribution is 2.32. The van der Waals surface area contributed by atoms with E-state index in [4.69, 9.17) is 4.74 Å². The van der Waals surface area contributed by atoms with Crippen molar-refractivity contribution in [1.82, 2.24) is 15.2 Å². The molecule has 0 aliphatic rings. The second kappa shape index (κ2) is 4.55.